The summed E-state index contributed by atoms with van der Waals surface area (Å²) in [4.78, 5) is 42.1. The molecule has 1 fully saturated rings. The van der Waals surface area contributed by atoms with Gasteiger partial charge in [-0.2, -0.15) is 0 Å². The quantitative estimate of drug-likeness (QED) is 0.355. The fourth-order valence-corrected chi connectivity index (χ4v) is 3.86. The molecule has 168 valence electrons. The molecule has 32 heavy (non-hydrogen) atoms. The molecule has 0 aromatic heterocycles. The molecule has 1 amide bonds. The Bertz CT molecular complexity index is 1030. The molecule has 0 bridgehead atoms. The average Bonchev–Trinajstić information content (AvgIpc) is 2.79. The van der Waals surface area contributed by atoms with Crippen molar-refractivity contribution in [3.8, 4) is 0 Å². The van der Waals surface area contributed by atoms with Crippen LogP contribution in [0.5, 0.6) is 0 Å². The van der Waals surface area contributed by atoms with E-state index in [4.69, 9.17) is 16.3 Å². The number of nitrogens with zero attached hydrogens (tertiary/aromatic N) is 3. The van der Waals surface area contributed by atoms with Crippen LogP contribution in [0.4, 0.5) is 5.69 Å². The highest BCUT2D eigenvalue weighted by Crippen LogP contribution is 2.26. The molecule has 8 nitrogen and oxygen atoms in total. The lowest BCUT2D eigenvalue weighted by molar-refractivity contribution is -0.384. The van der Waals surface area contributed by atoms with Crippen molar-refractivity contribution >= 4 is 34.9 Å². The Morgan fingerprint density at radius 3 is 2.66 bits per heavy atom. The van der Waals surface area contributed by atoms with Gasteiger partial charge in [0.25, 0.3) is 11.6 Å². The SMILES string of the molecule is CCOC(=O)C1CN(C(=O)c2ccc([N+](=O)[O-])cc2Cl)CCC1=NCCc1ccccc1. The van der Waals surface area contributed by atoms with Gasteiger partial charge in [0.15, 0.2) is 0 Å². The Morgan fingerprint density at radius 2 is 2.00 bits per heavy atom. The van der Waals surface area contributed by atoms with Crippen LogP contribution in [0.1, 0.15) is 29.3 Å². The van der Waals surface area contributed by atoms with Gasteiger partial charge in [-0.15, -0.1) is 0 Å². The van der Waals surface area contributed by atoms with Gasteiger partial charge in [0.05, 0.1) is 22.1 Å². The molecule has 0 spiro atoms. The Morgan fingerprint density at radius 1 is 1.25 bits per heavy atom. The van der Waals surface area contributed by atoms with Gasteiger partial charge in [-0.25, -0.2) is 0 Å². The maximum Gasteiger partial charge on any atom is 0.316 e. The lowest BCUT2D eigenvalue weighted by Crippen LogP contribution is -2.47. The Labute approximate surface area is 191 Å². The standard InChI is InChI=1S/C23H24ClN3O5/c1-2-32-23(29)19-15-26(22(28)18-9-8-17(27(30)31)14-20(18)24)13-11-21(19)25-12-10-16-6-4-3-5-7-16/h3-9,14,19H,2,10-13,15H2,1H3. The summed E-state index contributed by atoms with van der Waals surface area (Å²) >= 11 is 6.12. The molecule has 0 aliphatic carbocycles. The van der Waals surface area contributed by atoms with Crippen LogP contribution in [-0.2, 0) is 16.0 Å². The van der Waals surface area contributed by atoms with E-state index in [-0.39, 0.29) is 35.3 Å². The number of ether oxygens (including phenoxy) is 1. The Kier molecular flexibility index (Phi) is 7.94. The lowest BCUT2D eigenvalue weighted by Gasteiger charge is -2.33. The van der Waals surface area contributed by atoms with Gasteiger partial charge in [-0.1, -0.05) is 41.9 Å². The van der Waals surface area contributed by atoms with Crippen LogP contribution in [0.3, 0.4) is 0 Å². The largest absolute Gasteiger partial charge is 0.465 e. The van der Waals surface area contributed by atoms with E-state index in [2.05, 4.69) is 4.99 Å². The van der Waals surface area contributed by atoms with Gasteiger partial charge in [0, 0.05) is 43.9 Å². The molecular weight excluding hydrogens is 434 g/mol. The minimum Gasteiger partial charge on any atom is -0.465 e. The maximum absolute atomic E-state index is 13.0. The highest BCUT2D eigenvalue weighted by molar-refractivity contribution is 6.34. The molecule has 1 unspecified atom stereocenters. The first-order chi connectivity index (χ1) is 15.4. The fourth-order valence-electron chi connectivity index (χ4n) is 3.60. The second-order valence-corrected chi connectivity index (χ2v) is 7.74. The van der Waals surface area contributed by atoms with E-state index in [1.165, 1.54) is 17.0 Å². The lowest BCUT2D eigenvalue weighted by atomic mass is 9.94. The van der Waals surface area contributed by atoms with Crippen LogP contribution < -0.4 is 0 Å². The third-order valence-corrected chi connectivity index (χ3v) is 5.57. The van der Waals surface area contributed by atoms with Gasteiger partial charge in [-0.05, 0) is 25.0 Å². The van der Waals surface area contributed by atoms with Gasteiger partial charge in [0.2, 0.25) is 0 Å². The van der Waals surface area contributed by atoms with Crippen LogP contribution in [-0.4, -0.2) is 53.7 Å². The molecule has 2 aromatic rings. The van der Waals surface area contributed by atoms with Crippen molar-refractivity contribution in [2.24, 2.45) is 10.9 Å². The molecular formula is C23H24ClN3O5. The van der Waals surface area contributed by atoms with Crippen LogP contribution in [0.25, 0.3) is 0 Å². The van der Waals surface area contributed by atoms with E-state index < -0.39 is 16.8 Å². The third kappa shape index (κ3) is 5.70. The molecule has 1 heterocycles. The topological polar surface area (TPSA) is 102 Å². The van der Waals surface area contributed by atoms with Gasteiger partial charge < -0.3 is 9.64 Å². The monoisotopic (exact) mass is 457 g/mol. The summed E-state index contributed by atoms with van der Waals surface area (Å²) in [6, 6.07) is 13.7. The maximum atomic E-state index is 13.0. The molecule has 0 N–H and O–H groups in total. The summed E-state index contributed by atoms with van der Waals surface area (Å²) in [5.41, 5.74) is 1.84. The molecule has 2 aromatic carbocycles. The second-order valence-electron chi connectivity index (χ2n) is 7.34. The number of hydrogen-bond acceptors (Lipinski definition) is 6. The molecule has 3 rings (SSSR count). The zero-order valence-electron chi connectivity index (χ0n) is 17.7. The number of amides is 1. The molecule has 1 atom stereocenters. The summed E-state index contributed by atoms with van der Waals surface area (Å²) in [5, 5.41) is 10.9. The number of likely N-dealkylation sites (tertiary alicyclic amines) is 1. The minimum absolute atomic E-state index is 0.000732. The van der Waals surface area contributed by atoms with Crippen LogP contribution in [0.2, 0.25) is 5.02 Å². The van der Waals surface area contributed by atoms with Crippen molar-refractivity contribution in [3.05, 3.63) is 74.8 Å². The van der Waals surface area contributed by atoms with Crippen molar-refractivity contribution in [2.45, 2.75) is 19.8 Å². The molecule has 1 aliphatic rings. The predicted octanol–water partition coefficient (Wildman–Crippen LogP) is 3.96. The summed E-state index contributed by atoms with van der Waals surface area (Å²) in [5.74, 6) is -1.46. The van der Waals surface area contributed by atoms with Crippen molar-refractivity contribution in [1.29, 1.82) is 0 Å². The first-order valence-electron chi connectivity index (χ1n) is 10.4. The normalized spacial score (nSPS) is 17.2. The summed E-state index contributed by atoms with van der Waals surface area (Å²) in [6.07, 6.45) is 1.19. The molecule has 1 saturated heterocycles. The van der Waals surface area contributed by atoms with E-state index in [0.29, 0.717) is 19.5 Å². The zero-order valence-corrected chi connectivity index (χ0v) is 18.5. The van der Waals surface area contributed by atoms with E-state index in [0.717, 1.165) is 23.8 Å². The van der Waals surface area contributed by atoms with Crippen LogP contribution in [0.15, 0.2) is 53.5 Å². The highest BCUT2D eigenvalue weighted by atomic mass is 35.5. The number of aliphatic imine (C=N–C) groups is 1. The predicted molar refractivity (Wildman–Crippen MR) is 121 cm³/mol. The van der Waals surface area contributed by atoms with Crippen molar-refractivity contribution < 1.29 is 19.2 Å². The summed E-state index contributed by atoms with van der Waals surface area (Å²) < 4.78 is 5.22. The number of non-ortho nitro benzene ring substituents is 1. The van der Waals surface area contributed by atoms with E-state index in [1.54, 1.807) is 6.92 Å². The number of halogens is 1. The molecule has 0 radical (unpaired) electrons. The van der Waals surface area contributed by atoms with Crippen LogP contribution >= 0.6 is 11.6 Å². The molecule has 1 aliphatic heterocycles. The number of carbonyl (C=O) groups is 2. The first-order valence-corrected chi connectivity index (χ1v) is 10.8. The first kappa shape index (κ1) is 23.4. The zero-order chi connectivity index (χ0) is 23.1. The van der Waals surface area contributed by atoms with E-state index >= 15 is 0 Å². The Hall–Kier alpha value is -3.26. The third-order valence-electron chi connectivity index (χ3n) is 5.25. The van der Waals surface area contributed by atoms with Crippen molar-refractivity contribution in [2.75, 3.05) is 26.2 Å². The van der Waals surface area contributed by atoms with Gasteiger partial charge in [0.1, 0.15) is 5.92 Å². The number of carbonyl (C=O) groups excluding carboxylic acids is 2. The number of benzene rings is 2. The van der Waals surface area contributed by atoms with E-state index in [9.17, 15) is 19.7 Å². The fraction of sp³-hybridized carbons (Fsp3) is 0.348. The molecule has 9 heteroatoms. The summed E-state index contributed by atoms with van der Waals surface area (Å²) in [7, 11) is 0. The average molecular weight is 458 g/mol. The van der Waals surface area contributed by atoms with Crippen molar-refractivity contribution in [1.82, 2.24) is 4.90 Å². The minimum atomic E-state index is -0.653. The number of hydrogen-bond donors (Lipinski definition) is 0. The molecule has 0 saturated carbocycles. The highest BCUT2D eigenvalue weighted by Gasteiger charge is 2.35. The number of piperidine rings is 1. The Balaban J connectivity index is 1.74. The number of nitro benzene ring substituents is 1. The second kappa shape index (κ2) is 10.9. The van der Waals surface area contributed by atoms with E-state index in [1.807, 2.05) is 30.3 Å². The summed E-state index contributed by atoms with van der Waals surface area (Å²) in [6.45, 7) is 2.99. The van der Waals surface area contributed by atoms with Gasteiger partial charge in [-0.3, -0.25) is 24.7 Å². The number of rotatable bonds is 7. The van der Waals surface area contributed by atoms with Crippen molar-refractivity contribution in [3.63, 3.8) is 0 Å². The number of esters is 1. The number of nitro groups is 1. The van der Waals surface area contributed by atoms with Gasteiger partial charge >= 0.3 is 5.97 Å². The van der Waals surface area contributed by atoms with Crippen LogP contribution in [0, 0.1) is 16.0 Å². The smallest absolute Gasteiger partial charge is 0.316 e.